The molecule has 0 unspecified atom stereocenters. The molecule has 0 aromatic rings. The SMILES string of the molecule is CCOC(=O)/C=C(CC)/N=N/C(=O)OC(C)(C)C. The highest BCUT2D eigenvalue weighted by Crippen LogP contribution is 2.10. The molecule has 0 atom stereocenters. The molecule has 102 valence electrons. The van der Waals surface area contributed by atoms with Crippen molar-refractivity contribution in [3.8, 4) is 0 Å². The number of carbonyl (C=O) groups excluding carboxylic acids is 2. The highest BCUT2D eigenvalue weighted by atomic mass is 16.6. The van der Waals surface area contributed by atoms with Gasteiger partial charge in [-0.05, 0) is 34.1 Å². The predicted molar refractivity (Wildman–Crippen MR) is 66.1 cm³/mol. The standard InChI is InChI=1S/C12H20N2O4/c1-6-9(8-10(15)17-7-2)13-14-11(16)18-12(3,4)5/h8H,6-7H2,1-5H3/b9-8+,14-13+. The molecule has 0 spiro atoms. The molecular weight excluding hydrogens is 236 g/mol. The fraction of sp³-hybridized carbons (Fsp3) is 0.667. The molecule has 6 nitrogen and oxygen atoms in total. The molecule has 6 heteroatoms. The maximum atomic E-state index is 11.3. The van der Waals surface area contributed by atoms with Crippen LogP contribution in [0, 0.1) is 0 Å². The normalized spacial score (nSPS) is 12.6. The van der Waals surface area contributed by atoms with Crippen LogP contribution in [0.4, 0.5) is 4.79 Å². The van der Waals surface area contributed by atoms with E-state index in [-0.39, 0.29) is 6.61 Å². The van der Waals surface area contributed by atoms with Gasteiger partial charge in [0.25, 0.3) is 0 Å². The van der Waals surface area contributed by atoms with E-state index in [2.05, 4.69) is 10.2 Å². The zero-order valence-electron chi connectivity index (χ0n) is 11.5. The van der Waals surface area contributed by atoms with E-state index >= 15 is 0 Å². The Morgan fingerprint density at radius 2 is 1.78 bits per heavy atom. The molecule has 0 bridgehead atoms. The lowest BCUT2D eigenvalue weighted by Crippen LogP contribution is -2.21. The second-order valence-corrected chi connectivity index (χ2v) is 4.42. The van der Waals surface area contributed by atoms with Crippen molar-refractivity contribution < 1.29 is 19.1 Å². The molecular formula is C12H20N2O4. The Morgan fingerprint density at radius 1 is 1.17 bits per heavy atom. The molecule has 0 aromatic heterocycles. The van der Waals surface area contributed by atoms with E-state index < -0.39 is 17.7 Å². The monoisotopic (exact) mass is 256 g/mol. The molecule has 0 heterocycles. The number of esters is 1. The number of rotatable bonds is 4. The Morgan fingerprint density at radius 3 is 2.22 bits per heavy atom. The number of ether oxygens (including phenoxy) is 2. The van der Waals surface area contributed by atoms with Crippen LogP contribution in [0.25, 0.3) is 0 Å². The summed E-state index contributed by atoms with van der Waals surface area (Å²) in [6.45, 7) is 8.98. The highest BCUT2D eigenvalue weighted by Gasteiger charge is 2.15. The number of azo groups is 1. The van der Waals surface area contributed by atoms with Gasteiger partial charge in [-0.1, -0.05) is 12.0 Å². The van der Waals surface area contributed by atoms with E-state index in [4.69, 9.17) is 9.47 Å². The third kappa shape index (κ3) is 8.43. The summed E-state index contributed by atoms with van der Waals surface area (Å²) in [5.41, 5.74) is -0.257. The Balaban J connectivity index is 4.54. The Labute approximate surface area is 107 Å². The predicted octanol–water partition coefficient (Wildman–Crippen LogP) is 3.23. The van der Waals surface area contributed by atoms with Gasteiger partial charge >= 0.3 is 12.1 Å². The van der Waals surface area contributed by atoms with Crippen molar-refractivity contribution >= 4 is 12.1 Å². The molecule has 0 aliphatic rings. The lowest BCUT2D eigenvalue weighted by molar-refractivity contribution is -0.137. The lowest BCUT2D eigenvalue weighted by atomic mass is 10.2. The maximum Gasteiger partial charge on any atom is 0.452 e. The number of allylic oxidation sites excluding steroid dienone is 1. The Kier molecular flexibility index (Phi) is 6.85. The average Bonchev–Trinajstić information content (AvgIpc) is 2.22. The third-order valence-electron chi connectivity index (χ3n) is 1.59. The second-order valence-electron chi connectivity index (χ2n) is 4.42. The summed E-state index contributed by atoms with van der Waals surface area (Å²) in [5.74, 6) is -0.502. The molecule has 0 saturated heterocycles. The van der Waals surface area contributed by atoms with Crippen LogP contribution in [0.15, 0.2) is 22.0 Å². The molecule has 0 aliphatic heterocycles. The van der Waals surface area contributed by atoms with E-state index in [0.29, 0.717) is 12.1 Å². The maximum absolute atomic E-state index is 11.3. The summed E-state index contributed by atoms with van der Waals surface area (Å²) in [7, 11) is 0. The van der Waals surface area contributed by atoms with E-state index in [0.717, 1.165) is 0 Å². The quantitative estimate of drug-likeness (QED) is 0.439. The van der Waals surface area contributed by atoms with Crippen molar-refractivity contribution in [1.82, 2.24) is 0 Å². The van der Waals surface area contributed by atoms with Crippen LogP contribution in [-0.4, -0.2) is 24.3 Å². The van der Waals surface area contributed by atoms with Crippen molar-refractivity contribution in [2.75, 3.05) is 6.61 Å². The highest BCUT2D eigenvalue weighted by molar-refractivity contribution is 5.82. The summed E-state index contributed by atoms with van der Waals surface area (Å²) in [6.07, 6.45) is 0.883. The van der Waals surface area contributed by atoms with Gasteiger partial charge in [-0.25, -0.2) is 9.59 Å². The topological polar surface area (TPSA) is 77.3 Å². The van der Waals surface area contributed by atoms with Crippen molar-refractivity contribution in [3.05, 3.63) is 11.8 Å². The first-order chi connectivity index (χ1) is 8.28. The number of carbonyl (C=O) groups is 2. The van der Waals surface area contributed by atoms with Crippen molar-refractivity contribution in [1.29, 1.82) is 0 Å². The van der Waals surface area contributed by atoms with Crippen LogP contribution in [0.2, 0.25) is 0 Å². The molecule has 0 aliphatic carbocycles. The van der Waals surface area contributed by atoms with Crippen LogP contribution >= 0.6 is 0 Å². The fourth-order valence-electron chi connectivity index (χ4n) is 0.909. The van der Waals surface area contributed by atoms with Gasteiger partial charge in [0.2, 0.25) is 0 Å². The van der Waals surface area contributed by atoms with E-state index in [1.165, 1.54) is 6.08 Å². The van der Waals surface area contributed by atoms with E-state index in [1.807, 2.05) is 0 Å². The molecule has 0 rings (SSSR count). The molecule has 0 saturated carbocycles. The van der Waals surface area contributed by atoms with Crippen LogP contribution < -0.4 is 0 Å². The molecule has 0 N–H and O–H groups in total. The Bertz CT molecular complexity index is 354. The van der Waals surface area contributed by atoms with Crippen LogP contribution in [0.1, 0.15) is 41.0 Å². The molecule has 0 fully saturated rings. The molecule has 0 aromatic carbocycles. The largest absolute Gasteiger partial charge is 0.463 e. The average molecular weight is 256 g/mol. The number of hydrogen-bond acceptors (Lipinski definition) is 5. The van der Waals surface area contributed by atoms with E-state index in [1.54, 1.807) is 34.6 Å². The van der Waals surface area contributed by atoms with Crippen LogP contribution in [-0.2, 0) is 14.3 Å². The molecule has 18 heavy (non-hydrogen) atoms. The summed E-state index contributed by atoms with van der Waals surface area (Å²) < 4.78 is 9.67. The fourth-order valence-corrected chi connectivity index (χ4v) is 0.909. The lowest BCUT2D eigenvalue weighted by Gasteiger charge is -2.16. The van der Waals surface area contributed by atoms with Gasteiger partial charge in [0.1, 0.15) is 5.60 Å². The minimum Gasteiger partial charge on any atom is -0.463 e. The van der Waals surface area contributed by atoms with Gasteiger partial charge in [0.05, 0.1) is 12.3 Å². The zero-order chi connectivity index (χ0) is 14.2. The van der Waals surface area contributed by atoms with E-state index in [9.17, 15) is 9.59 Å². The Hall–Kier alpha value is -1.72. The smallest absolute Gasteiger partial charge is 0.452 e. The van der Waals surface area contributed by atoms with Gasteiger partial charge in [-0.2, -0.15) is 0 Å². The number of amides is 1. The second kappa shape index (κ2) is 7.58. The summed E-state index contributed by atoms with van der Waals surface area (Å²) in [6, 6.07) is 0. The van der Waals surface area contributed by atoms with Crippen molar-refractivity contribution in [2.24, 2.45) is 10.2 Å². The van der Waals surface area contributed by atoms with Gasteiger partial charge in [-0.15, -0.1) is 5.11 Å². The summed E-state index contributed by atoms with van der Waals surface area (Å²) >= 11 is 0. The number of nitrogens with zero attached hydrogens (tertiary/aromatic N) is 2. The van der Waals surface area contributed by atoms with Crippen molar-refractivity contribution in [3.63, 3.8) is 0 Å². The summed E-state index contributed by atoms with van der Waals surface area (Å²) in [5, 5.41) is 7.04. The first-order valence-corrected chi connectivity index (χ1v) is 5.80. The zero-order valence-corrected chi connectivity index (χ0v) is 11.5. The summed E-state index contributed by atoms with van der Waals surface area (Å²) in [4.78, 5) is 22.4. The van der Waals surface area contributed by atoms with Gasteiger partial charge < -0.3 is 9.47 Å². The van der Waals surface area contributed by atoms with Gasteiger partial charge in [0, 0.05) is 6.08 Å². The molecule has 1 amide bonds. The first-order valence-electron chi connectivity index (χ1n) is 5.80. The number of hydrogen-bond donors (Lipinski definition) is 0. The first kappa shape index (κ1) is 16.3. The van der Waals surface area contributed by atoms with Gasteiger partial charge in [0.15, 0.2) is 0 Å². The minimum absolute atomic E-state index is 0.287. The minimum atomic E-state index is -0.786. The molecule has 0 radical (unpaired) electrons. The third-order valence-corrected chi connectivity index (χ3v) is 1.59. The van der Waals surface area contributed by atoms with Crippen LogP contribution in [0.3, 0.4) is 0 Å². The van der Waals surface area contributed by atoms with Gasteiger partial charge in [-0.3, -0.25) is 0 Å². The van der Waals surface area contributed by atoms with Crippen LogP contribution in [0.5, 0.6) is 0 Å². The van der Waals surface area contributed by atoms with Crippen molar-refractivity contribution in [2.45, 2.75) is 46.6 Å².